The third-order valence-electron chi connectivity index (χ3n) is 5.43. The summed E-state index contributed by atoms with van der Waals surface area (Å²) < 4.78 is 16.3. The van der Waals surface area contributed by atoms with Gasteiger partial charge in [-0.05, 0) is 74.0 Å². The van der Waals surface area contributed by atoms with E-state index in [1.165, 1.54) is 30.0 Å². The minimum atomic E-state index is -0.426. The molecule has 0 aliphatic rings. The Morgan fingerprint density at radius 1 is 1.03 bits per heavy atom. The van der Waals surface area contributed by atoms with E-state index in [2.05, 4.69) is 10.6 Å². The Morgan fingerprint density at radius 2 is 1.65 bits per heavy atom. The molecule has 0 radical (unpaired) electrons. The van der Waals surface area contributed by atoms with Crippen molar-refractivity contribution in [1.82, 2.24) is 4.57 Å². The van der Waals surface area contributed by atoms with E-state index in [4.69, 9.17) is 0 Å². The van der Waals surface area contributed by atoms with E-state index >= 15 is 0 Å². The van der Waals surface area contributed by atoms with Gasteiger partial charge in [0.05, 0.1) is 16.6 Å². The number of nitrogens with zero attached hydrogens (tertiary/aromatic N) is 3. The second kappa shape index (κ2) is 9.77. The number of nitro groups is 1. The Morgan fingerprint density at radius 3 is 2.24 bits per heavy atom. The number of nitro benzene ring substituents is 1. The summed E-state index contributed by atoms with van der Waals surface area (Å²) in [5, 5.41) is 20.4. The van der Waals surface area contributed by atoms with Crippen LogP contribution in [-0.2, 0) is 0 Å². The number of allylic oxidation sites excluding steroid dienone is 1. The Bertz CT molecular complexity index is 1430. The van der Waals surface area contributed by atoms with Gasteiger partial charge in [0, 0.05) is 44.6 Å². The number of nitriles is 1. The molecule has 0 spiro atoms. The number of hydrogen-bond donors (Lipinski definition) is 0. The summed E-state index contributed by atoms with van der Waals surface area (Å²) in [6.07, 6.45) is 1.72. The van der Waals surface area contributed by atoms with Gasteiger partial charge in [-0.2, -0.15) is 5.26 Å². The van der Waals surface area contributed by atoms with Crippen LogP contribution in [0.3, 0.4) is 0 Å². The molecular weight excluding hydrogens is 449 g/mol. The monoisotopic (exact) mass is 469 g/mol. The maximum Gasteiger partial charge on any atom is 0.269 e. The first kappa shape index (κ1) is 23.0. The van der Waals surface area contributed by atoms with E-state index in [9.17, 15) is 19.8 Å². The topological polar surface area (TPSA) is 71.9 Å². The number of rotatable bonds is 6. The first-order chi connectivity index (χ1) is 16.4. The zero-order chi connectivity index (χ0) is 24.2. The molecule has 1 heterocycles. The normalized spacial score (nSPS) is 11.3. The fraction of sp³-hybridized carbons (Fsp3) is 0.0741. The Labute approximate surface area is 200 Å². The van der Waals surface area contributed by atoms with Gasteiger partial charge in [0.2, 0.25) is 0 Å². The van der Waals surface area contributed by atoms with Crippen molar-refractivity contribution in [2.45, 2.75) is 23.6 Å². The van der Waals surface area contributed by atoms with E-state index in [0.717, 1.165) is 32.4 Å². The maximum atomic E-state index is 14.2. The van der Waals surface area contributed by atoms with Crippen molar-refractivity contribution in [1.29, 1.82) is 5.26 Å². The van der Waals surface area contributed by atoms with Gasteiger partial charge in [-0.3, -0.25) is 10.1 Å². The number of benzene rings is 3. The van der Waals surface area contributed by atoms with Crippen molar-refractivity contribution in [3.63, 3.8) is 0 Å². The summed E-state index contributed by atoms with van der Waals surface area (Å²) in [6.45, 7) is 3.95. The van der Waals surface area contributed by atoms with Gasteiger partial charge >= 0.3 is 0 Å². The Kier molecular flexibility index (Phi) is 6.62. The highest BCUT2D eigenvalue weighted by Gasteiger charge is 2.13. The van der Waals surface area contributed by atoms with E-state index in [1.54, 1.807) is 36.4 Å². The molecule has 0 unspecified atom stereocenters. The molecule has 0 aliphatic heterocycles. The molecule has 5 nitrogen and oxygen atoms in total. The van der Waals surface area contributed by atoms with Crippen molar-refractivity contribution >= 4 is 29.1 Å². The smallest absolute Gasteiger partial charge is 0.269 e. The molecule has 4 rings (SSSR count). The summed E-state index contributed by atoms with van der Waals surface area (Å²) in [6, 6.07) is 24.8. The lowest BCUT2D eigenvalue weighted by Gasteiger charge is -2.11. The average molecular weight is 470 g/mol. The third-order valence-corrected chi connectivity index (χ3v) is 6.45. The van der Waals surface area contributed by atoms with Crippen molar-refractivity contribution < 1.29 is 9.31 Å². The fourth-order valence-corrected chi connectivity index (χ4v) is 4.59. The van der Waals surface area contributed by atoms with Crippen LogP contribution in [0.1, 0.15) is 22.5 Å². The minimum Gasteiger partial charge on any atom is -0.318 e. The number of hydrogen-bond acceptors (Lipinski definition) is 4. The lowest BCUT2D eigenvalue weighted by atomic mass is 10.0. The van der Waals surface area contributed by atoms with Crippen LogP contribution in [0.15, 0.2) is 88.7 Å². The molecule has 0 saturated heterocycles. The van der Waals surface area contributed by atoms with Gasteiger partial charge in [-0.1, -0.05) is 30.0 Å². The molecule has 168 valence electrons. The van der Waals surface area contributed by atoms with Crippen LogP contribution in [0.2, 0.25) is 0 Å². The summed E-state index contributed by atoms with van der Waals surface area (Å²) in [7, 11) is 0. The molecule has 0 saturated carbocycles. The second-order valence-corrected chi connectivity index (χ2v) is 8.81. The first-order valence-electron chi connectivity index (χ1n) is 10.5. The highest BCUT2D eigenvalue weighted by atomic mass is 32.2. The van der Waals surface area contributed by atoms with E-state index in [1.807, 2.05) is 44.2 Å². The van der Waals surface area contributed by atoms with Gasteiger partial charge < -0.3 is 4.57 Å². The van der Waals surface area contributed by atoms with Crippen LogP contribution in [0, 0.1) is 41.1 Å². The molecule has 0 fully saturated rings. The number of aryl methyl sites for hydroxylation is 1. The van der Waals surface area contributed by atoms with Crippen LogP contribution in [0.4, 0.5) is 10.1 Å². The molecule has 0 atom stereocenters. The molecule has 7 heteroatoms. The second-order valence-electron chi connectivity index (χ2n) is 7.66. The summed E-state index contributed by atoms with van der Waals surface area (Å²) in [5.74, 6) is -0.426. The fourth-order valence-electron chi connectivity index (χ4n) is 3.77. The molecule has 0 amide bonds. The van der Waals surface area contributed by atoms with E-state index < -0.39 is 10.7 Å². The standard InChI is InChI=1S/C27H20FN3O2S/c1-18-15-20(16-21(17-29)26-5-3-4-6-27(26)28)19(2)30(18)22-7-11-24(12-8-22)34-25-13-9-23(10-14-25)31(32)33/h3-16H,1-2H3/b21-16-. The Balaban J connectivity index is 1.60. The number of halogens is 1. The average Bonchev–Trinajstić information content (AvgIpc) is 3.11. The minimum absolute atomic E-state index is 0.0673. The van der Waals surface area contributed by atoms with Gasteiger partial charge in [-0.25, -0.2) is 4.39 Å². The molecule has 1 aromatic heterocycles. The molecular formula is C27H20FN3O2S. The maximum absolute atomic E-state index is 14.2. The predicted octanol–water partition coefficient (Wildman–Crippen LogP) is 7.36. The summed E-state index contributed by atoms with van der Waals surface area (Å²) >= 11 is 1.52. The highest BCUT2D eigenvalue weighted by Crippen LogP contribution is 2.31. The van der Waals surface area contributed by atoms with Gasteiger partial charge in [0.1, 0.15) is 5.82 Å². The predicted molar refractivity (Wildman–Crippen MR) is 132 cm³/mol. The SMILES string of the molecule is Cc1cc(/C=C(/C#N)c2ccccc2F)c(C)n1-c1ccc(Sc2ccc([N+](=O)[O-])cc2)cc1. The van der Waals surface area contributed by atoms with Crippen LogP contribution in [-0.4, -0.2) is 9.49 Å². The van der Waals surface area contributed by atoms with Crippen LogP contribution < -0.4 is 0 Å². The third kappa shape index (κ3) is 4.77. The molecule has 4 aromatic rings. The molecule has 34 heavy (non-hydrogen) atoms. The van der Waals surface area contributed by atoms with Crippen molar-refractivity contribution in [3.05, 3.63) is 117 Å². The lowest BCUT2D eigenvalue weighted by Crippen LogP contribution is -1.99. The largest absolute Gasteiger partial charge is 0.318 e. The van der Waals surface area contributed by atoms with Crippen LogP contribution in [0.5, 0.6) is 0 Å². The molecule has 0 bridgehead atoms. The summed E-state index contributed by atoms with van der Waals surface area (Å²) in [4.78, 5) is 12.3. The molecule has 0 aliphatic carbocycles. The zero-order valence-corrected chi connectivity index (χ0v) is 19.3. The van der Waals surface area contributed by atoms with Crippen LogP contribution in [0.25, 0.3) is 17.3 Å². The van der Waals surface area contributed by atoms with Crippen molar-refractivity contribution in [3.8, 4) is 11.8 Å². The summed E-state index contributed by atoms with van der Waals surface area (Å²) in [5.41, 5.74) is 4.37. The highest BCUT2D eigenvalue weighted by molar-refractivity contribution is 7.99. The molecule has 3 aromatic carbocycles. The molecule has 0 N–H and O–H groups in total. The van der Waals surface area contributed by atoms with Crippen LogP contribution >= 0.6 is 11.8 Å². The number of aromatic nitrogens is 1. The first-order valence-corrected chi connectivity index (χ1v) is 11.3. The van der Waals surface area contributed by atoms with Crippen molar-refractivity contribution in [2.75, 3.05) is 0 Å². The van der Waals surface area contributed by atoms with E-state index in [0.29, 0.717) is 0 Å². The van der Waals surface area contributed by atoms with Gasteiger partial charge in [-0.15, -0.1) is 0 Å². The van der Waals surface area contributed by atoms with Gasteiger partial charge in [0.25, 0.3) is 5.69 Å². The van der Waals surface area contributed by atoms with Gasteiger partial charge in [0.15, 0.2) is 0 Å². The quantitative estimate of drug-likeness (QED) is 0.168. The van der Waals surface area contributed by atoms with E-state index in [-0.39, 0.29) is 16.8 Å². The van der Waals surface area contributed by atoms with Crippen molar-refractivity contribution in [2.24, 2.45) is 0 Å². The Hall–Kier alpha value is -4.15. The zero-order valence-electron chi connectivity index (χ0n) is 18.5. The lowest BCUT2D eigenvalue weighted by molar-refractivity contribution is -0.384. The number of non-ortho nitro benzene ring substituents is 1.